The number of hydrogen-bond acceptors (Lipinski definition) is 3. The first-order valence-electron chi connectivity index (χ1n) is 5.07. The normalized spacial score (nSPS) is 25.8. The molecule has 1 aliphatic rings. The van der Waals surface area contributed by atoms with E-state index in [9.17, 15) is 13.2 Å². The zero-order valence-electron chi connectivity index (χ0n) is 8.76. The minimum Gasteiger partial charge on any atom is -0.328 e. The fourth-order valence-electron chi connectivity index (χ4n) is 1.79. The van der Waals surface area contributed by atoms with Crippen molar-refractivity contribution in [2.45, 2.75) is 25.7 Å². The molecule has 0 bridgehead atoms. The van der Waals surface area contributed by atoms with Crippen molar-refractivity contribution in [2.75, 3.05) is 26.2 Å². The molecule has 1 fully saturated rings. The largest absolute Gasteiger partial charge is 0.522 e. The van der Waals surface area contributed by atoms with Crippen LogP contribution in [0, 0.1) is 5.92 Å². The van der Waals surface area contributed by atoms with Crippen LogP contribution in [0.25, 0.3) is 0 Å². The van der Waals surface area contributed by atoms with Crippen molar-refractivity contribution in [3.05, 3.63) is 0 Å². The third-order valence-corrected chi connectivity index (χ3v) is 2.73. The van der Waals surface area contributed by atoms with Crippen LogP contribution in [-0.4, -0.2) is 43.5 Å². The van der Waals surface area contributed by atoms with Crippen LogP contribution in [0.2, 0.25) is 0 Å². The first-order valence-corrected chi connectivity index (χ1v) is 5.07. The molecule has 0 aromatic rings. The van der Waals surface area contributed by atoms with Gasteiger partial charge >= 0.3 is 6.36 Å². The summed E-state index contributed by atoms with van der Waals surface area (Å²) < 4.78 is 38.7. The van der Waals surface area contributed by atoms with Crippen molar-refractivity contribution in [2.24, 2.45) is 11.7 Å². The molecule has 15 heavy (non-hydrogen) atoms. The molecule has 0 amide bonds. The molecule has 0 aromatic heterocycles. The molecular weight excluding hydrogens is 209 g/mol. The van der Waals surface area contributed by atoms with E-state index in [0.29, 0.717) is 12.5 Å². The van der Waals surface area contributed by atoms with E-state index in [2.05, 4.69) is 4.74 Å². The second-order valence-electron chi connectivity index (χ2n) is 4.00. The van der Waals surface area contributed by atoms with Crippen molar-refractivity contribution in [3.63, 3.8) is 0 Å². The molecule has 0 saturated carbocycles. The van der Waals surface area contributed by atoms with Crippen LogP contribution in [0.1, 0.15) is 13.3 Å². The smallest absolute Gasteiger partial charge is 0.328 e. The Morgan fingerprint density at radius 2 is 2.20 bits per heavy atom. The van der Waals surface area contributed by atoms with Gasteiger partial charge in [-0.05, 0) is 25.8 Å². The number of nitrogens with zero attached hydrogens (tertiary/aromatic N) is 1. The fourth-order valence-corrected chi connectivity index (χ4v) is 1.79. The summed E-state index contributed by atoms with van der Waals surface area (Å²) in [6.07, 6.45) is -3.55. The number of halogens is 3. The average molecular weight is 226 g/mol. The Bertz CT molecular complexity index is 196. The lowest BCUT2D eigenvalue weighted by molar-refractivity contribution is -0.324. The van der Waals surface area contributed by atoms with Gasteiger partial charge in [-0.2, -0.15) is 0 Å². The predicted octanol–water partition coefficient (Wildman–Crippen LogP) is 1.19. The molecule has 3 nitrogen and oxygen atoms in total. The number of ether oxygens (including phenoxy) is 1. The zero-order valence-corrected chi connectivity index (χ0v) is 8.76. The highest BCUT2D eigenvalue weighted by atomic mass is 19.4. The Labute approximate surface area is 87.4 Å². The van der Waals surface area contributed by atoms with Gasteiger partial charge in [0.1, 0.15) is 0 Å². The SMILES string of the molecule is CC(N)C1CCN(CCOC(F)(F)F)C1. The number of nitrogens with two attached hydrogens (primary N) is 1. The minimum absolute atomic E-state index is 0.110. The van der Waals surface area contributed by atoms with Gasteiger partial charge in [0, 0.05) is 19.1 Å². The van der Waals surface area contributed by atoms with Crippen LogP contribution in [-0.2, 0) is 4.74 Å². The van der Waals surface area contributed by atoms with E-state index < -0.39 is 6.36 Å². The summed E-state index contributed by atoms with van der Waals surface area (Å²) >= 11 is 0. The third-order valence-electron chi connectivity index (χ3n) is 2.73. The number of alkyl halides is 3. The molecule has 0 radical (unpaired) electrons. The summed E-state index contributed by atoms with van der Waals surface area (Å²) in [4.78, 5) is 1.96. The highest BCUT2D eigenvalue weighted by Gasteiger charge is 2.30. The van der Waals surface area contributed by atoms with Crippen LogP contribution in [0.15, 0.2) is 0 Å². The topological polar surface area (TPSA) is 38.5 Å². The van der Waals surface area contributed by atoms with Gasteiger partial charge in [-0.15, -0.1) is 13.2 Å². The van der Waals surface area contributed by atoms with E-state index in [0.717, 1.165) is 19.5 Å². The summed E-state index contributed by atoms with van der Waals surface area (Å²) in [6, 6.07) is 0.110. The number of likely N-dealkylation sites (tertiary alicyclic amines) is 1. The lowest BCUT2D eigenvalue weighted by Gasteiger charge is -2.18. The highest BCUT2D eigenvalue weighted by molar-refractivity contribution is 4.80. The molecule has 1 heterocycles. The van der Waals surface area contributed by atoms with Crippen molar-refractivity contribution in [1.82, 2.24) is 4.90 Å². The number of rotatable bonds is 4. The molecule has 1 rings (SSSR count). The van der Waals surface area contributed by atoms with E-state index >= 15 is 0 Å². The second kappa shape index (κ2) is 5.14. The summed E-state index contributed by atoms with van der Waals surface area (Å²) in [6.45, 7) is 3.55. The van der Waals surface area contributed by atoms with Gasteiger partial charge in [0.2, 0.25) is 0 Å². The summed E-state index contributed by atoms with van der Waals surface area (Å²) in [5.74, 6) is 0.399. The quantitative estimate of drug-likeness (QED) is 0.782. The monoisotopic (exact) mass is 226 g/mol. The van der Waals surface area contributed by atoms with Crippen LogP contribution in [0.4, 0.5) is 13.2 Å². The molecule has 0 aliphatic carbocycles. The van der Waals surface area contributed by atoms with Crippen molar-refractivity contribution >= 4 is 0 Å². The van der Waals surface area contributed by atoms with Gasteiger partial charge in [-0.1, -0.05) is 0 Å². The van der Waals surface area contributed by atoms with Crippen LogP contribution < -0.4 is 5.73 Å². The van der Waals surface area contributed by atoms with Gasteiger partial charge in [-0.3, -0.25) is 4.74 Å². The lowest BCUT2D eigenvalue weighted by Crippen LogP contribution is -2.32. The lowest BCUT2D eigenvalue weighted by atomic mass is 10.0. The van der Waals surface area contributed by atoms with Gasteiger partial charge in [0.05, 0.1) is 6.61 Å². The maximum absolute atomic E-state index is 11.7. The van der Waals surface area contributed by atoms with Crippen LogP contribution in [0.3, 0.4) is 0 Å². The maximum Gasteiger partial charge on any atom is 0.522 e. The van der Waals surface area contributed by atoms with Gasteiger partial charge in [-0.25, -0.2) is 0 Å². The van der Waals surface area contributed by atoms with Crippen molar-refractivity contribution in [1.29, 1.82) is 0 Å². The van der Waals surface area contributed by atoms with E-state index in [1.807, 2.05) is 11.8 Å². The van der Waals surface area contributed by atoms with Gasteiger partial charge < -0.3 is 10.6 Å². The summed E-state index contributed by atoms with van der Waals surface area (Å²) in [5, 5.41) is 0. The summed E-state index contributed by atoms with van der Waals surface area (Å²) in [7, 11) is 0. The predicted molar refractivity (Wildman–Crippen MR) is 50.2 cm³/mol. The van der Waals surface area contributed by atoms with Crippen LogP contribution >= 0.6 is 0 Å². The Morgan fingerprint density at radius 1 is 1.53 bits per heavy atom. The fraction of sp³-hybridized carbons (Fsp3) is 1.00. The molecule has 1 saturated heterocycles. The molecule has 90 valence electrons. The molecule has 0 aromatic carbocycles. The number of hydrogen-bond donors (Lipinski definition) is 1. The molecule has 6 heteroatoms. The Kier molecular flexibility index (Phi) is 4.36. The Morgan fingerprint density at radius 3 is 2.67 bits per heavy atom. The standard InChI is InChI=1S/C9H17F3N2O/c1-7(13)8-2-3-14(6-8)4-5-15-9(10,11)12/h7-8H,2-6,13H2,1H3. The molecule has 0 spiro atoms. The Balaban J connectivity index is 2.14. The van der Waals surface area contributed by atoms with Crippen molar-refractivity contribution in [3.8, 4) is 0 Å². The second-order valence-corrected chi connectivity index (χ2v) is 4.00. The van der Waals surface area contributed by atoms with Crippen LogP contribution in [0.5, 0.6) is 0 Å². The first-order chi connectivity index (χ1) is 6.88. The third kappa shape index (κ3) is 4.81. The van der Waals surface area contributed by atoms with Gasteiger partial charge in [0.25, 0.3) is 0 Å². The highest BCUT2D eigenvalue weighted by Crippen LogP contribution is 2.19. The van der Waals surface area contributed by atoms with Gasteiger partial charge in [0.15, 0.2) is 0 Å². The van der Waals surface area contributed by atoms with E-state index in [1.165, 1.54) is 0 Å². The average Bonchev–Trinajstić information content (AvgIpc) is 2.50. The summed E-state index contributed by atoms with van der Waals surface area (Å²) in [5.41, 5.74) is 5.72. The Hall–Kier alpha value is -0.330. The molecular formula is C9H17F3N2O. The zero-order chi connectivity index (χ0) is 11.5. The minimum atomic E-state index is -4.51. The van der Waals surface area contributed by atoms with E-state index in [-0.39, 0.29) is 12.6 Å². The molecule has 2 unspecified atom stereocenters. The first kappa shape index (κ1) is 12.7. The maximum atomic E-state index is 11.7. The van der Waals surface area contributed by atoms with E-state index in [4.69, 9.17) is 5.73 Å². The molecule has 2 atom stereocenters. The van der Waals surface area contributed by atoms with E-state index in [1.54, 1.807) is 0 Å². The molecule has 1 aliphatic heterocycles. The molecule has 2 N–H and O–H groups in total. The van der Waals surface area contributed by atoms with Crippen molar-refractivity contribution < 1.29 is 17.9 Å².